The van der Waals surface area contributed by atoms with Crippen molar-refractivity contribution in [3.8, 4) is 11.5 Å². The third-order valence-corrected chi connectivity index (χ3v) is 2.71. The van der Waals surface area contributed by atoms with Crippen LogP contribution in [0.4, 0.5) is 15.8 Å². The van der Waals surface area contributed by atoms with Crippen LogP contribution in [0.15, 0.2) is 36.4 Å². The number of nitrogens with one attached hydrogen (secondary N) is 1. The zero-order valence-corrected chi connectivity index (χ0v) is 10.6. The lowest BCUT2D eigenvalue weighted by Crippen LogP contribution is -2.09. The van der Waals surface area contributed by atoms with E-state index in [1.54, 1.807) is 13.0 Å². The van der Waals surface area contributed by atoms with E-state index in [2.05, 4.69) is 5.43 Å². The monoisotopic (exact) mass is 277 g/mol. The molecule has 2 aromatic rings. The van der Waals surface area contributed by atoms with E-state index in [0.29, 0.717) is 5.56 Å². The van der Waals surface area contributed by atoms with Crippen LogP contribution < -0.4 is 16.0 Å². The number of nitro groups is 1. The van der Waals surface area contributed by atoms with Crippen LogP contribution in [0.1, 0.15) is 5.56 Å². The zero-order chi connectivity index (χ0) is 14.7. The molecular formula is C13H12FN3O3. The summed E-state index contributed by atoms with van der Waals surface area (Å²) in [6, 6.07) is 8.63. The van der Waals surface area contributed by atoms with Crippen LogP contribution in [0.3, 0.4) is 0 Å². The van der Waals surface area contributed by atoms with Crippen LogP contribution >= 0.6 is 0 Å². The van der Waals surface area contributed by atoms with E-state index >= 15 is 0 Å². The highest BCUT2D eigenvalue weighted by molar-refractivity contribution is 5.68. The van der Waals surface area contributed by atoms with Crippen molar-refractivity contribution in [3.05, 3.63) is 57.9 Å². The Labute approximate surface area is 114 Å². The van der Waals surface area contributed by atoms with Gasteiger partial charge in [-0.1, -0.05) is 12.1 Å². The molecule has 0 aliphatic rings. The third kappa shape index (κ3) is 2.67. The van der Waals surface area contributed by atoms with Crippen LogP contribution in [0.5, 0.6) is 11.5 Å². The van der Waals surface area contributed by atoms with Crippen molar-refractivity contribution in [2.24, 2.45) is 5.84 Å². The highest BCUT2D eigenvalue weighted by Crippen LogP contribution is 2.37. The lowest BCUT2D eigenvalue weighted by molar-refractivity contribution is -0.384. The van der Waals surface area contributed by atoms with Gasteiger partial charge in [0, 0.05) is 6.07 Å². The number of nitrogens with zero attached hydrogens (tertiary/aromatic N) is 1. The molecular weight excluding hydrogens is 265 g/mol. The molecule has 0 heterocycles. The average Bonchev–Trinajstić information content (AvgIpc) is 2.42. The lowest BCUT2D eigenvalue weighted by atomic mass is 10.2. The molecule has 0 amide bonds. The van der Waals surface area contributed by atoms with Crippen molar-refractivity contribution in [1.29, 1.82) is 0 Å². The Bertz CT molecular complexity index is 661. The molecule has 0 saturated heterocycles. The van der Waals surface area contributed by atoms with E-state index in [0.717, 1.165) is 0 Å². The number of hydrogen-bond acceptors (Lipinski definition) is 5. The molecule has 0 bridgehead atoms. The number of nitrogens with two attached hydrogens (primary N) is 1. The lowest BCUT2D eigenvalue weighted by Gasteiger charge is -2.09. The minimum absolute atomic E-state index is 0.0197. The Kier molecular flexibility index (Phi) is 3.81. The molecule has 0 aliphatic heterocycles. The van der Waals surface area contributed by atoms with E-state index in [-0.39, 0.29) is 22.9 Å². The maximum atomic E-state index is 13.4. The maximum Gasteiger partial charge on any atom is 0.335 e. The summed E-state index contributed by atoms with van der Waals surface area (Å²) in [6.45, 7) is 1.61. The number of nitro benzene ring substituents is 1. The van der Waals surface area contributed by atoms with Gasteiger partial charge in [-0.05, 0) is 30.7 Å². The number of hydrogen-bond donors (Lipinski definition) is 2. The van der Waals surface area contributed by atoms with Gasteiger partial charge in [0.2, 0.25) is 5.75 Å². The van der Waals surface area contributed by atoms with Crippen LogP contribution in [0, 0.1) is 22.9 Å². The summed E-state index contributed by atoms with van der Waals surface area (Å²) in [4.78, 5) is 10.5. The Morgan fingerprint density at radius 3 is 2.70 bits per heavy atom. The normalized spacial score (nSPS) is 10.2. The van der Waals surface area contributed by atoms with Gasteiger partial charge in [0.1, 0.15) is 17.3 Å². The molecule has 3 N–H and O–H groups in total. The summed E-state index contributed by atoms with van der Waals surface area (Å²) in [6.07, 6.45) is 0. The first-order chi connectivity index (χ1) is 9.52. The fourth-order valence-electron chi connectivity index (χ4n) is 1.67. The second kappa shape index (κ2) is 5.54. The van der Waals surface area contributed by atoms with Crippen molar-refractivity contribution in [2.75, 3.05) is 5.43 Å². The fourth-order valence-corrected chi connectivity index (χ4v) is 1.67. The van der Waals surface area contributed by atoms with Gasteiger partial charge >= 0.3 is 5.69 Å². The minimum atomic E-state index is -0.616. The van der Waals surface area contributed by atoms with Gasteiger partial charge in [-0.15, -0.1) is 0 Å². The predicted octanol–water partition coefficient (Wildman–Crippen LogP) is 3.12. The highest BCUT2D eigenvalue weighted by Gasteiger charge is 2.21. The van der Waals surface area contributed by atoms with Crippen LogP contribution in [0.25, 0.3) is 0 Å². The Morgan fingerprint density at radius 1 is 1.35 bits per heavy atom. The van der Waals surface area contributed by atoms with Gasteiger partial charge in [-0.25, -0.2) is 4.39 Å². The van der Waals surface area contributed by atoms with Crippen molar-refractivity contribution in [2.45, 2.75) is 6.92 Å². The standard InChI is InChI=1S/C13H12FN3O3/c1-8-5-6-9(7-10(8)14)20-12-4-2-3-11(16-15)13(12)17(18)19/h2-7,16H,15H2,1H3. The summed E-state index contributed by atoms with van der Waals surface area (Å²) in [7, 11) is 0. The first-order valence-corrected chi connectivity index (χ1v) is 5.71. The molecule has 0 aromatic heterocycles. The third-order valence-electron chi connectivity index (χ3n) is 2.71. The van der Waals surface area contributed by atoms with Gasteiger partial charge in [0.05, 0.1) is 4.92 Å². The Balaban J connectivity index is 2.42. The second-order valence-electron chi connectivity index (χ2n) is 4.07. The number of nitrogen functional groups attached to an aromatic ring is 1. The molecule has 6 nitrogen and oxygen atoms in total. The van der Waals surface area contributed by atoms with E-state index in [1.165, 1.54) is 30.3 Å². The maximum absolute atomic E-state index is 13.4. The summed E-state index contributed by atoms with van der Waals surface area (Å²) in [5.74, 6) is 4.93. The van der Waals surface area contributed by atoms with Crippen LogP contribution in [-0.2, 0) is 0 Å². The number of ether oxygens (including phenoxy) is 1. The number of anilines is 1. The summed E-state index contributed by atoms with van der Waals surface area (Å²) >= 11 is 0. The Morgan fingerprint density at radius 2 is 2.10 bits per heavy atom. The molecule has 20 heavy (non-hydrogen) atoms. The molecule has 0 radical (unpaired) electrons. The molecule has 0 fully saturated rings. The molecule has 0 atom stereocenters. The molecule has 7 heteroatoms. The predicted molar refractivity (Wildman–Crippen MR) is 72.1 cm³/mol. The topological polar surface area (TPSA) is 90.4 Å². The SMILES string of the molecule is Cc1ccc(Oc2cccc(NN)c2[N+](=O)[O-])cc1F. The van der Waals surface area contributed by atoms with E-state index in [9.17, 15) is 14.5 Å². The quantitative estimate of drug-likeness (QED) is 0.509. The zero-order valence-electron chi connectivity index (χ0n) is 10.6. The van der Waals surface area contributed by atoms with Gasteiger partial charge in [-0.3, -0.25) is 16.0 Å². The fraction of sp³-hybridized carbons (Fsp3) is 0.0769. The van der Waals surface area contributed by atoms with Gasteiger partial charge < -0.3 is 10.2 Å². The van der Waals surface area contributed by atoms with Crippen molar-refractivity contribution < 1.29 is 14.1 Å². The summed E-state index contributed by atoms with van der Waals surface area (Å²) < 4.78 is 18.8. The summed E-state index contributed by atoms with van der Waals surface area (Å²) in [5, 5.41) is 11.1. The number of hydrazine groups is 1. The number of rotatable bonds is 4. The first-order valence-electron chi connectivity index (χ1n) is 5.71. The second-order valence-corrected chi connectivity index (χ2v) is 4.07. The number of benzene rings is 2. The van der Waals surface area contributed by atoms with Gasteiger partial charge in [0.15, 0.2) is 0 Å². The number of halogens is 1. The van der Waals surface area contributed by atoms with Gasteiger partial charge in [-0.2, -0.15) is 0 Å². The molecule has 0 unspecified atom stereocenters. The number of para-hydroxylation sites is 1. The minimum Gasteiger partial charge on any atom is -0.450 e. The van der Waals surface area contributed by atoms with Crippen LogP contribution in [0.2, 0.25) is 0 Å². The van der Waals surface area contributed by atoms with Crippen molar-refractivity contribution in [3.63, 3.8) is 0 Å². The molecule has 2 rings (SSSR count). The number of aryl methyl sites for hydroxylation is 1. The first kappa shape index (κ1) is 13.8. The van der Waals surface area contributed by atoms with Crippen molar-refractivity contribution in [1.82, 2.24) is 0 Å². The molecule has 0 saturated carbocycles. The molecule has 104 valence electrons. The van der Waals surface area contributed by atoms with E-state index in [1.807, 2.05) is 0 Å². The smallest absolute Gasteiger partial charge is 0.335 e. The summed E-state index contributed by atoms with van der Waals surface area (Å²) in [5.41, 5.74) is 2.49. The average molecular weight is 277 g/mol. The van der Waals surface area contributed by atoms with Crippen LogP contribution in [-0.4, -0.2) is 4.92 Å². The van der Waals surface area contributed by atoms with E-state index < -0.39 is 10.7 Å². The van der Waals surface area contributed by atoms with Gasteiger partial charge in [0.25, 0.3) is 0 Å². The molecule has 0 spiro atoms. The molecule has 2 aromatic carbocycles. The van der Waals surface area contributed by atoms with Crippen molar-refractivity contribution >= 4 is 11.4 Å². The van der Waals surface area contributed by atoms with E-state index in [4.69, 9.17) is 10.6 Å². The Hall–Kier alpha value is -2.67. The highest BCUT2D eigenvalue weighted by atomic mass is 19.1. The molecule has 0 aliphatic carbocycles. The largest absolute Gasteiger partial charge is 0.450 e.